The van der Waals surface area contributed by atoms with Crippen LogP contribution in [0.5, 0.6) is 0 Å². The van der Waals surface area contributed by atoms with Gasteiger partial charge in [-0.15, -0.1) is 0 Å². The molecule has 8 nitrogen and oxygen atoms in total. The van der Waals surface area contributed by atoms with E-state index in [1.54, 1.807) is 0 Å². The summed E-state index contributed by atoms with van der Waals surface area (Å²) < 4.78 is 10.4. The minimum atomic E-state index is -3.28. The predicted octanol–water partition coefficient (Wildman–Crippen LogP) is 7.67. The average Bonchev–Trinajstić information content (AvgIpc) is 3.79. The van der Waals surface area contributed by atoms with E-state index in [-0.39, 0.29) is 0 Å². The lowest BCUT2D eigenvalue weighted by Crippen LogP contribution is -2.69. The second-order valence-corrected chi connectivity index (χ2v) is 16.5. The first-order valence-corrected chi connectivity index (χ1v) is 17.5. The molecular formula is C36H34N8Si. The maximum atomic E-state index is 5.40. The Morgan fingerprint density at radius 3 is 1.24 bits per heavy atom. The first-order valence-electron chi connectivity index (χ1n) is 15.7. The van der Waals surface area contributed by atoms with Crippen LogP contribution in [-0.2, 0) is 0 Å². The molecule has 2 aromatic heterocycles. The number of anilines is 4. The maximum Gasteiger partial charge on any atom is 0.526 e. The molecule has 222 valence electrons. The summed E-state index contributed by atoms with van der Waals surface area (Å²) in [6, 6.07) is 18.5. The number of hydrogen-bond acceptors (Lipinski definition) is 6. The lowest BCUT2D eigenvalue weighted by atomic mass is 10.1. The van der Waals surface area contributed by atoms with Crippen molar-refractivity contribution >= 4 is 53.5 Å². The number of hydrogen-bond donors (Lipinski definition) is 2. The van der Waals surface area contributed by atoms with Crippen LogP contribution < -0.4 is 19.8 Å². The summed E-state index contributed by atoms with van der Waals surface area (Å²) in [6.45, 7) is 17.6. The molecule has 1 spiro atoms. The highest BCUT2D eigenvalue weighted by molar-refractivity contribution is 6.89. The number of aromatic nitrogens is 4. The van der Waals surface area contributed by atoms with Crippen LogP contribution in [0.15, 0.2) is 60.2 Å². The van der Waals surface area contributed by atoms with E-state index < -0.39 is 8.72 Å². The molecule has 4 aliphatic rings. The first kappa shape index (κ1) is 25.3. The second-order valence-electron chi connectivity index (χ2n) is 13.5. The van der Waals surface area contributed by atoms with Crippen LogP contribution >= 0.6 is 0 Å². The predicted molar refractivity (Wildman–Crippen MR) is 185 cm³/mol. The fourth-order valence-corrected chi connectivity index (χ4v) is 12.9. The van der Waals surface area contributed by atoms with E-state index in [9.17, 15) is 0 Å². The third-order valence-electron chi connectivity index (χ3n) is 10.8. The Morgan fingerprint density at radius 1 is 0.467 bits per heavy atom. The molecule has 45 heavy (non-hydrogen) atoms. The van der Waals surface area contributed by atoms with Crippen molar-refractivity contribution in [3.63, 3.8) is 0 Å². The number of nitrogens with zero attached hydrogens (tertiary/aromatic N) is 6. The van der Waals surface area contributed by atoms with Crippen molar-refractivity contribution in [3.05, 3.63) is 105 Å². The number of aryl methyl sites for hydroxylation is 8. The Labute approximate surface area is 263 Å². The molecule has 0 aliphatic carbocycles. The third-order valence-corrected chi connectivity index (χ3v) is 15.1. The van der Waals surface area contributed by atoms with Crippen LogP contribution in [0, 0.1) is 55.4 Å². The van der Waals surface area contributed by atoms with Gasteiger partial charge in [-0.25, -0.2) is 9.97 Å². The topological polar surface area (TPSA) is 66.2 Å². The summed E-state index contributed by atoms with van der Waals surface area (Å²) in [4.78, 5) is 10.8. The molecule has 4 aliphatic heterocycles. The second kappa shape index (κ2) is 7.78. The van der Waals surface area contributed by atoms with Crippen molar-refractivity contribution in [2.45, 2.75) is 55.4 Å². The van der Waals surface area contributed by atoms with Crippen LogP contribution in [0.3, 0.4) is 0 Å². The van der Waals surface area contributed by atoms with Gasteiger partial charge in [0.05, 0.1) is 44.8 Å². The molecular weight excluding hydrogens is 573 g/mol. The SMILES string of the molecule is Cc1cc2c(cc1C)N1C(=C3Nc4cc(C)c(C)cc4N3[Si]13n1c(nc4cc(C)c(C)cc41)-c1nc4cc(C)c(C)cc4n13)N2. The minimum absolute atomic E-state index is 0.934. The van der Waals surface area contributed by atoms with Crippen LogP contribution in [0.25, 0.3) is 33.7 Å². The Balaban J connectivity index is 1.43. The van der Waals surface area contributed by atoms with Gasteiger partial charge in [0.15, 0.2) is 11.6 Å². The molecule has 4 aromatic carbocycles. The quantitative estimate of drug-likeness (QED) is 0.173. The number of nitrogens with one attached hydrogen (secondary N) is 2. The molecule has 0 bridgehead atoms. The average molecular weight is 607 g/mol. The minimum Gasteiger partial charge on any atom is -0.337 e. The molecule has 0 saturated heterocycles. The van der Waals surface area contributed by atoms with Crippen LogP contribution in [0.4, 0.5) is 22.7 Å². The van der Waals surface area contributed by atoms with Crippen molar-refractivity contribution in [3.8, 4) is 11.6 Å². The fourth-order valence-electron chi connectivity index (χ4n) is 7.91. The Bertz CT molecular complexity index is 2270. The largest absolute Gasteiger partial charge is 0.526 e. The molecule has 10 rings (SSSR count). The molecule has 0 atom stereocenters. The van der Waals surface area contributed by atoms with Gasteiger partial charge in [0.2, 0.25) is 0 Å². The molecule has 2 N–H and O–H groups in total. The number of benzene rings is 4. The van der Waals surface area contributed by atoms with Crippen molar-refractivity contribution in [2.75, 3.05) is 19.8 Å². The zero-order valence-electron chi connectivity index (χ0n) is 26.8. The smallest absolute Gasteiger partial charge is 0.337 e. The molecule has 0 amide bonds. The van der Waals surface area contributed by atoms with Crippen molar-refractivity contribution in [1.82, 2.24) is 18.4 Å². The maximum absolute atomic E-state index is 5.40. The summed E-state index contributed by atoms with van der Waals surface area (Å²) in [5, 5.41) is 7.81. The van der Waals surface area contributed by atoms with E-state index in [1.807, 2.05) is 0 Å². The van der Waals surface area contributed by atoms with E-state index in [2.05, 4.69) is 132 Å². The highest BCUT2D eigenvalue weighted by atomic mass is 28.4. The highest BCUT2D eigenvalue weighted by Crippen LogP contribution is 2.58. The number of fused-ring (bicyclic) bond motifs is 17. The van der Waals surface area contributed by atoms with Gasteiger partial charge in [-0.1, -0.05) is 0 Å². The molecule has 0 radical (unpaired) electrons. The normalized spacial score (nSPS) is 16.4. The van der Waals surface area contributed by atoms with Gasteiger partial charge in [0.1, 0.15) is 11.6 Å². The van der Waals surface area contributed by atoms with Gasteiger partial charge in [0, 0.05) is 0 Å². The number of imidazole rings is 2. The fraction of sp³-hybridized carbons (Fsp3) is 0.222. The van der Waals surface area contributed by atoms with Gasteiger partial charge in [-0.2, -0.15) is 0 Å². The first-order chi connectivity index (χ1) is 21.6. The van der Waals surface area contributed by atoms with Gasteiger partial charge in [-0.3, -0.25) is 17.6 Å². The lowest BCUT2D eigenvalue weighted by Gasteiger charge is -2.40. The zero-order valence-corrected chi connectivity index (χ0v) is 27.8. The van der Waals surface area contributed by atoms with E-state index >= 15 is 0 Å². The van der Waals surface area contributed by atoms with Gasteiger partial charge in [-0.05, 0) is 148 Å². The molecule has 0 fully saturated rings. The van der Waals surface area contributed by atoms with E-state index in [0.29, 0.717) is 0 Å². The van der Waals surface area contributed by atoms with Crippen LogP contribution in [0.1, 0.15) is 44.5 Å². The van der Waals surface area contributed by atoms with E-state index in [1.165, 1.54) is 55.9 Å². The number of rotatable bonds is 0. The van der Waals surface area contributed by atoms with Gasteiger partial charge in [0.25, 0.3) is 0 Å². The Hall–Kier alpha value is -5.02. The monoisotopic (exact) mass is 606 g/mol. The van der Waals surface area contributed by atoms with Gasteiger partial charge >= 0.3 is 8.72 Å². The lowest BCUT2D eigenvalue weighted by molar-refractivity contribution is 1.04. The highest BCUT2D eigenvalue weighted by Gasteiger charge is 2.70. The van der Waals surface area contributed by atoms with Crippen LogP contribution in [-0.4, -0.2) is 27.2 Å². The standard InChI is InChI=1S/C36H34N8Si/c1-17-9-25-29(13-21(17)5)41-33(37-25)34-38-26-10-18(2)22(6)14-30(26)42(34)45(41)43-31-15-23(7)19(3)11-27(31)39-35(43)36-40-28-12-20(4)24(8)16-32(28)44(36)45/h9-16,37-38H,1-8H3. The van der Waals surface area contributed by atoms with E-state index in [0.717, 1.165) is 56.7 Å². The molecule has 6 aromatic rings. The molecule has 9 heteroatoms. The van der Waals surface area contributed by atoms with Crippen LogP contribution in [0.2, 0.25) is 0 Å². The zero-order chi connectivity index (χ0) is 30.8. The summed E-state index contributed by atoms with van der Waals surface area (Å²) in [5.41, 5.74) is 19.1. The van der Waals surface area contributed by atoms with E-state index in [4.69, 9.17) is 9.97 Å². The van der Waals surface area contributed by atoms with Crippen molar-refractivity contribution in [1.29, 1.82) is 0 Å². The summed E-state index contributed by atoms with van der Waals surface area (Å²) >= 11 is 0. The van der Waals surface area contributed by atoms with Crippen molar-refractivity contribution in [2.24, 2.45) is 0 Å². The van der Waals surface area contributed by atoms with Crippen molar-refractivity contribution < 1.29 is 0 Å². The Morgan fingerprint density at radius 2 is 0.822 bits per heavy atom. The molecule has 6 heterocycles. The third kappa shape index (κ3) is 2.76. The molecule has 0 unspecified atom stereocenters. The van der Waals surface area contributed by atoms with Gasteiger partial charge < -0.3 is 10.6 Å². The summed E-state index contributed by atoms with van der Waals surface area (Å²) in [6.07, 6.45) is 0. The molecule has 0 saturated carbocycles. The summed E-state index contributed by atoms with van der Waals surface area (Å²) in [5.74, 6) is 4.04. The summed E-state index contributed by atoms with van der Waals surface area (Å²) in [7, 11) is -3.28. The Kier molecular flexibility index (Phi) is 4.38.